The van der Waals surface area contributed by atoms with E-state index in [9.17, 15) is 23.1 Å². The lowest BCUT2D eigenvalue weighted by atomic mass is 10.1. The molecule has 2 saturated carbocycles. The lowest BCUT2D eigenvalue weighted by molar-refractivity contribution is -0.140. The van der Waals surface area contributed by atoms with E-state index in [1.54, 1.807) is 24.3 Å². The number of amides is 1. The smallest absolute Gasteiger partial charge is 0.325 e. The SMILES string of the molecule is O=C(NC1CC1)c1ccc(S(=O)(=O)NC2(C(=O)O)C[C@H]2c2ccccc2)s1. The minimum Gasteiger partial charge on any atom is -0.480 e. The predicted octanol–water partition coefficient (Wildman–Crippen LogP) is 1.93. The van der Waals surface area contributed by atoms with Crippen LogP contribution < -0.4 is 10.0 Å². The molecule has 1 amide bonds. The number of benzene rings is 1. The van der Waals surface area contributed by atoms with Crippen LogP contribution in [0.5, 0.6) is 0 Å². The molecule has 1 unspecified atom stereocenters. The first kappa shape index (κ1) is 18.1. The molecule has 2 atom stereocenters. The van der Waals surface area contributed by atoms with Crippen LogP contribution in [0, 0.1) is 0 Å². The van der Waals surface area contributed by atoms with Crippen LogP contribution in [-0.4, -0.2) is 37.0 Å². The number of hydrogen-bond acceptors (Lipinski definition) is 5. The molecule has 1 heterocycles. The van der Waals surface area contributed by atoms with Crippen molar-refractivity contribution in [2.24, 2.45) is 0 Å². The molecule has 7 nitrogen and oxygen atoms in total. The third-order valence-corrected chi connectivity index (χ3v) is 7.93. The second-order valence-electron chi connectivity index (χ2n) is 6.92. The summed E-state index contributed by atoms with van der Waals surface area (Å²) in [6, 6.07) is 11.9. The van der Waals surface area contributed by atoms with Crippen molar-refractivity contribution in [3.8, 4) is 0 Å². The van der Waals surface area contributed by atoms with E-state index in [2.05, 4.69) is 10.0 Å². The Morgan fingerprint density at radius 1 is 1.11 bits per heavy atom. The average molecular weight is 406 g/mol. The lowest BCUT2D eigenvalue weighted by Gasteiger charge is -2.14. The fourth-order valence-corrected chi connectivity index (χ4v) is 5.72. The van der Waals surface area contributed by atoms with Crippen molar-refractivity contribution in [3.05, 3.63) is 52.9 Å². The van der Waals surface area contributed by atoms with E-state index in [1.165, 1.54) is 12.1 Å². The monoisotopic (exact) mass is 406 g/mol. The average Bonchev–Trinajstić information content (AvgIpc) is 3.52. The van der Waals surface area contributed by atoms with Gasteiger partial charge in [-0.1, -0.05) is 30.3 Å². The van der Waals surface area contributed by atoms with Crippen molar-refractivity contribution in [1.82, 2.24) is 10.0 Å². The predicted molar refractivity (Wildman–Crippen MR) is 99.3 cm³/mol. The van der Waals surface area contributed by atoms with E-state index in [4.69, 9.17) is 0 Å². The van der Waals surface area contributed by atoms with Crippen LogP contribution in [0.15, 0.2) is 46.7 Å². The lowest BCUT2D eigenvalue weighted by Crippen LogP contribution is -2.44. The van der Waals surface area contributed by atoms with E-state index in [0.717, 1.165) is 29.7 Å². The van der Waals surface area contributed by atoms with Gasteiger partial charge in [0.25, 0.3) is 15.9 Å². The van der Waals surface area contributed by atoms with E-state index in [1.807, 2.05) is 6.07 Å². The van der Waals surface area contributed by atoms with E-state index in [0.29, 0.717) is 4.88 Å². The molecule has 0 bridgehead atoms. The quantitative estimate of drug-likeness (QED) is 0.650. The highest BCUT2D eigenvalue weighted by Gasteiger charge is 2.63. The maximum Gasteiger partial charge on any atom is 0.325 e. The third-order valence-electron chi connectivity index (χ3n) is 4.84. The second kappa shape index (κ2) is 6.43. The fraction of sp³-hybridized carbons (Fsp3) is 0.333. The van der Waals surface area contributed by atoms with E-state index in [-0.39, 0.29) is 22.6 Å². The van der Waals surface area contributed by atoms with Gasteiger partial charge < -0.3 is 10.4 Å². The summed E-state index contributed by atoms with van der Waals surface area (Å²) in [5.74, 6) is -1.93. The Kier molecular flexibility index (Phi) is 4.32. The molecule has 2 aromatic rings. The van der Waals surface area contributed by atoms with Gasteiger partial charge in [-0.2, -0.15) is 4.72 Å². The number of carboxylic acid groups (broad SMARTS) is 1. The summed E-state index contributed by atoms with van der Waals surface area (Å²) >= 11 is 0.839. The van der Waals surface area contributed by atoms with Crippen LogP contribution >= 0.6 is 11.3 Å². The topological polar surface area (TPSA) is 113 Å². The number of carbonyl (C=O) groups is 2. The molecule has 1 aromatic carbocycles. The Hall–Kier alpha value is -2.23. The molecule has 4 rings (SSSR count). The number of sulfonamides is 1. The Balaban J connectivity index is 1.54. The number of hydrogen-bond donors (Lipinski definition) is 3. The zero-order chi connectivity index (χ0) is 19.2. The number of carbonyl (C=O) groups excluding carboxylic acids is 1. The van der Waals surface area contributed by atoms with Gasteiger partial charge in [-0.15, -0.1) is 11.3 Å². The van der Waals surface area contributed by atoms with Crippen molar-refractivity contribution < 1.29 is 23.1 Å². The largest absolute Gasteiger partial charge is 0.480 e. The Bertz CT molecular complexity index is 998. The van der Waals surface area contributed by atoms with Crippen molar-refractivity contribution in [2.75, 3.05) is 0 Å². The summed E-state index contributed by atoms with van der Waals surface area (Å²) < 4.78 is 27.8. The first-order chi connectivity index (χ1) is 12.8. The van der Waals surface area contributed by atoms with Crippen LogP contribution in [0.2, 0.25) is 0 Å². The van der Waals surface area contributed by atoms with Gasteiger partial charge in [-0.25, -0.2) is 8.42 Å². The summed E-state index contributed by atoms with van der Waals surface area (Å²) in [4.78, 5) is 24.2. The third kappa shape index (κ3) is 3.50. The molecule has 2 fully saturated rings. The Morgan fingerprint density at radius 2 is 1.81 bits per heavy atom. The number of aliphatic carboxylic acids is 1. The highest BCUT2D eigenvalue weighted by molar-refractivity contribution is 7.91. The van der Waals surface area contributed by atoms with Crippen molar-refractivity contribution in [1.29, 1.82) is 0 Å². The molecular formula is C18H18N2O5S2. The molecule has 2 aliphatic carbocycles. The molecule has 9 heteroatoms. The number of thiophene rings is 1. The second-order valence-corrected chi connectivity index (χ2v) is 9.91. The highest BCUT2D eigenvalue weighted by Crippen LogP contribution is 2.52. The summed E-state index contributed by atoms with van der Waals surface area (Å²) in [7, 11) is -4.06. The standard InChI is InChI=1S/C18H18N2O5S2/c21-16(19-12-6-7-12)14-8-9-15(26-14)27(24,25)20-18(17(22)23)10-13(18)11-4-2-1-3-5-11/h1-5,8-9,12-13,20H,6-7,10H2,(H,19,21)(H,22,23)/t13-,18?/m0/s1. The maximum atomic E-state index is 12.7. The van der Waals surface area contributed by atoms with Gasteiger partial charge in [0.05, 0.1) is 4.88 Å². The van der Waals surface area contributed by atoms with Crippen LogP contribution in [0.4, 0.5) is 0 Å². The molecule has 27 heavy (non-hydrogen) atoms. The number of rotatable bonds is 7. The molecule has 142 valence electrons. The summed E-state index contributed by atoms with van der Waals surface area (Å²) in [6.45, 7) is 0. The van der Waals surface area contributed by atoms with Crippen molar-refractivity contribution in [2.45, 2.75) is 41.0 Å². The minimum atomic E-state index is -4.06. The molecule has 0 spiro atoms. The van der Waals surface area contributed by atoms with E-state index >= 15 is 0 Å². The van der Waals surface area contributed by atoms with Gasteiger partial charge in [-0.3, -0.25) is 9.59 Å². The van der Waals surface area contributed by atoms with E-state index < -0.39 is 27.4 Å². The zero-order valence-corrected chi connectivity index (χ0v) is 15.8. The maximum absolute atomic E-state index is 12.7. The molecule has 0 radical (unpaired) electrons. The van der Waals surface area contributed by atoms with Crippen LogP contribution in [-0.2, 0) is 14.8 Å². The van der Waals surface area contributed by atoms with Gasteiger partial charge in [0.2, 0.25) is 0 Å². The Labute approximate surface area is 160 Å². The molecule has 1 aromatic heterocycles. The number of nitrogens with one attached hydrogen (secondary N) is 2. The molecule has 0 saturated heterocycles. The fourth-order valence-electron chi connectivity index (χ4n) is 3.10. The van der Waals surface area contributed by atoms with Gasteiger partial charge in [0, 0.05) is 12.0 Å². The minimum absolute atomic E-state index is 0.0669. The van der Waals surface area contributed by atoms with Crippen LogP contribution in [0.3, 0.4) is 0 Å². The van der Waals surface area contributed by atoms with Crippen LogP contribution in [0.25, 0.3) is 0 Å². The summed E-state index contributed by atoms with van der Waals surface area (Å²) in [6.07, 6.45) is 2.06. The molecule has 3 N–H and O–H groups in total. The van der Waals surface area contributed by atoms with Crippen molar-refractivity contribution in [3.63, 3.8) is 0 Å². The van der Waals surface area contributed by atoms with Gasteiger partial charge >= 0.3 is 5.97 Å². The van der Waals surface area contributed by atoms with Crippen LogP contribution in [0.1, 0.15) is 40.4 Å². The Morgan fingerprint density at radius 3 is 2.44 bits per heavy atom. The van der Waals surface area contributed by atoms with Crippen molar-refractivity contribution >= 4 is 33.2 Å². The highest BCUT2D eigenvalue weighted by atomic mass is 32.2. The van der Waals surface area contributed by atoms with Gasteiger partial charge in [-0.05, 0) is 37.0 Å². The van der Waals surface area contributed by atoms with Gasteiger partial charge in [0.1, 0.15) is 9.75 Å². The first-order valence-electron chi connectivity index (χ1n) is 8.55. The molecular weight excluding hydrogens is 388 g/mol. The summed E-state index contributed by atoms with van der Waals surface area (Å²) in [5, 5.41) is 12.5. The molecule has 2 aliphatic rings. The van der Waals surface area contributed by atoms with Gasteiger partial charge in [0.15, 0.2) is 0 Å². The molecule has 0 aliphatic heterocycles. The number of carboxylic acids is 1. The normalized spacial score (nSPS) is 24.4. The summed E-state index contributed by atoms with van der Waals surface area (Å²) in [5.41, 5.74) is -0.779. The first-order valence-corrected chi connectivity index (χ1v) is 10.8. The zero-order valence-electron chi connectivity index (χ0n) is 14.2.